The molecule has 0 bridgehead atoms. The van der Waals surface area contributed by atoms with Gasteiger partial charge in [0.1, 0.15) is 17.1 Å². The monoisotopic (exact) mass is 476 g/mol. The number of nitrogens with one attached hydrogen (secondary N) is 1. The third kappa shape index (κ3) is 4.86. The van der Waals surface area contributed by atoms with Crippen LogP contribution in [-0.4, -0.2) is 38.7 Å². The molecule has 9 nitrogen and oxygen atoms in total. The van der Waals surface area contributed by atoms with Gasteiger partial charge in [-0.05, 0) is 55.5 Å². The number of halogens is 1. The lowest BCUT2D eigenvalue weighted by Gasteiger charge is -2.17. The number of methoxy groups -OCH3 is 1. The van der Waals surface area contributed by atoms with Gasteiger partial charge in [-0.3, -0.25) is 4.79 Å². The molecule has 10 heteroatoms. The molecule has 0 aliphatic heterocycles. The highest BCUT2D eigenvalue weighted by Crippen LogP contribution is 2.28. The van der Waals surface area contributed by atoms with Crippen LogP contribution in [0.2, 0.25) is 0 Å². The van der Waals surface area contributed by atoms with Crippen molar-refractivity contribution in [2.75, 3.05) is 12.8 Å². The van der Waals surface area contributed by atoms with Gasteiger partial charge in [-0.2, -0.15) is 4.98 Å². The van der Waals surface area contributed by atoms with E-state index in [1.807, 2.05) is 6.07 Å². The summed E-state index contributed by atoms with van der Waals surface area (Å²) in [5, 5.41) is 6.95. The first-order valence-corrected chi connectivity index (χ1v) is 11.4. The van der Waals surface area contributed by atoms with Crippen molar-refractivity contribution in [1.29, 1.82) is 0 Å². The Balaban J connectivity index is 1.37. The lowest BCUT2D eigenvalue weighted by molar-refractivity contribution is 0.0946. The van der Waals surface area contributed by atoms with Gasteiger partial charge in [-0.1, -0.05) is 6.07 Å². The number of amides is 1. The molecule has 0 saturated heterocycles. The quantitative estimate of drug-likeness (QED) is 0.417. The average molecular weight is 477 g/mol. The van der Waals surface area contributed by atoms with Crippen LogP contribution in [0.5, 0.6) is 11.6 Å². The number of aromatic nitrogens is 4. The van der Waals surface area contributed by atoms with Crippen LogP contribution in [0.15, 0.2) is 48.8 Å². The van der Waals surface area contributed by atoms with Crippen LogP contribution in [0.1, 0.15) is 41.6 Å². The molecule has 0 spiro atoms. The molecule has 0 unspecified atom stereocenters. The zero-order chi connectivity index (χ0) is 24.4. The number of nitrogens with two attached hydrogens (primary N) is 1. The maximum Gasteiger partial charge on any atom is 0.257 e. The Hall–Kier alpha value is -4.21. The molecule has 0 radical (unpaired) electrons. The molecule has 1 amide bonds. The van der Waals surface area contributed by atoms with E-state index in [-0.39, 0.29) is 41.8 Å². The van der Waals surface area contributed by atoms with Crippen molar-refractivity contribution in [3.05, 3.63) is 65.7 Å². The van der Waals surface area contributed by atoms with Gasteiger partial charge < -0.3 is 20.5 Å². The van der Waals surface area contributed by atoms with Gasteiger partial charge in [0.15, 0.2) is 5.65 Å². The van der Waals surface area contributed by atoms with Crippen LogP contribution < -0.4 is 20.5 Å². The summed E-state index contributed by atoms with van der Waals surface area (Å²) in [5.41, 5.74) is 8.71. The zero-order valence-electron chi connectivity index (χ0n) is 19.2. The highest BCUT2D eigenvalue weighted by atomic mass is 19.1. The molecule has 0 atom stereocenters. The molecule has 5 rings (SSSR count). The summed E-state index contributed by atoms with van der Waals surface area (Å²) in [6.07, 6.45) is 7.54. The molecule has 1 aromatic carbocycles. The fourth-order valence-electron chi connectivity index (χ4n) is 4.25. The second-order valence-corrected chi connectivity index (χ2v) is 8.43. The lowest BCUT2D eigenvalue weighted by atomic mass is 10.1. The summed E-state index contributed by atoms with van der Waals surface area (Å²) >= 11 is 0. The number of hydrogen-bond acceptors (Lipinski definition) is 7. The number of anilines is 1. The van der Waals surface area contributed by atoms with E-state index in [0.29, 0.717) is 22.5 Å². The van der Waals surface area contributed by atoms with Gasteiger partial charge >= 0.3 is 0 Å². The van der Waals surface area contributed by atoms with Crippen LogP contribution in [0.3, 0.4) is 0 Å². The minimum atomic E-state index is -0.377. The fraction of sp³-hybridized carbons (Fsp3) is 0.280. The Morgan fingerprint density at radius 3 is 2.83 bits per heavy atom. The minimum Gasteiger partial charge on any atom is -0.490 e. The number of nitrogen functional groups attached to an aromatic ring is 1. The maximum atomic E-state index is 13.9. The molecule has 1 fully saturated rings. The molecule has 1 aliphatic rings. The van der Waals surface area contributed by atoms with Gasteiger partial charge in [0, 0.05) is 36.1 Å². The molecule has 1 saturated carbocycles. The van der Waals surface area contributed by atoms with Crippen LogP contribution >= 0.6 is 0 Å². The van der Waals surface area contributed by atoms with Crippen molar-refractivity contribution >= 4 is 17.5 Å². The predicted octanol–water partition coefficient (Wildman–Crippen LogP) is 3.77. The highest BCUT2D eigenvalue weighted by molar-refractivity contribution is 5.97. The smallest absolute Gasteiger partial charge is 0.257 e. The summed E-state index contributed by atoms with van der Waals surface area (Å²) in [6, 6.07) is 9.70. The Morgan fingerprint density at radius 2 is 2.03 bits per heavy atom. The number of ether oxygens (including phenoxy) is 2. The van der Waals surface area contributed by atoms with Crippen LogP contribution in [0, 0.1) is 5.82 Å². The Labute approximate surface area is 201 Å². The lowest BCUT2D eigenvalue weighted by Crippen LogP contribution is -2.24. The SMILES string of the molecule is COc1ncc(-c2ccn3nc(N)nc3c2)cc1C(=O)NCc1ccc(F)cc1OC1CCCC1. The summed E-state index contributed by atoms with van der Waals surface area (Å²) < 4.78 is 26.8. The Kier molecular flexibility index (Phi) is 6.17. The number of rotatable bonds is 7. The third-order valence-electron chi connectivity index (χ3n) is 6.04. The van der Waals surface area contributed by atoms with Crippen molar-refractivity contribution in [2.24, 2.45) is 0 Å². The average Bonchev–Trinajstić information content (AvgIpc) is 3.51. The first-order valence-electron chi connectivity index (χ1n) is 11.4. The van der Waals surface area contributed by atoms with E-state index in [4.69, 9.17) is 15.2 Å². The normalized spacial score (nSPS) is 13.8. The summed E-state index contributed by atoms with van der Waals surface area (Å²) in [5.74, 6) is 0.0721. The summed E-state index contributed by atoms with van der Waals surface area (Å²) in [7, 11) is 1.46. The van der Waals surface area contributed by atoms with Crippen molar-refractivity contribution in [1.82, 2.24) is 24.9 Å². The van der Waals surface area contributed by atoms with Crippen molar-refractivity contribution in [3.63, 3.8) is 0 Å². The molecule has 4 aromatic rings. The number of pyridine rings is 2. The maximum absolute atomic E-state index is 13.9. The van der Waals surface area contributed by atoms with Crippen molar-refractivity contribution in [2.45, 2.75) is 38.3 Å². The van der Waals surface area contributed by atoms with E-state index >= 15 is 0 Å². The van der Waals surface area contributed by atoms with Crippen LogP contribution in [0.25, 0.3) is 16.8 Å². The van der Waals surface area contributed by atoms with E-state index in [0.717, 1.165) is 31.2 Å². The Bertz CT molecular complexity index is 1380. The van der Waals surface area contributed by atoms with E-state index in [1.165, 1.54) is 19.2 Å². The van der Waals surface area contributed by atoms with Crippen molar-refractivity contribution in [3.8, 4) is 22.8 Å². The Morgan fingerprint density at radius 1 is 1.20 bits per heavy atom. The van der Waals surface area contributed by atoms with Gasteiger partial charge in [0.2, 0.25) is 11.8 Å². The number of hydrogen-bond donors (Lipinski definition) is 2. The zero-order valence-corrected chi connectivity index (χ0v) is 19.2. The standard InChI is InChI=1S/C25H25FN6O3/c1-34-24-20(10-17(14-29-24)15-8-9-32-22(11-15)30-25(27)31-32)23(33)28-13-16-6-7-18(26)12-21(16)35-19-4-2-3-5-19/h6-12,14,19H,2-5,13H2,1H3,(H2,27,31)(H,28,33). The first-order chi connectivity index (χ1) is 17.0. The highest BCUT2D eigenvalue weighted by Gasteiger charge is 2.20. The minimum absolute atomic E-state index is 0.0743. The third-order valence-corrected chi connectivity index (χ3v) is 6.04. The largest absolute Gasteiger partial charge is 0.490 e. The van der Waals surface area contributed by atoms with Gasteiger partial charge in [-0.15, -0.1) is 5.10 Å². The number of fused-ring (bicyclic) bond motifs is 1. The molecule has 35 heavy (non-hydrogen) atoms. The topological polar surface area (TPSA) is 117 Å². The molecular weight excluding hydrogens is 451 g/mol. The number of carbonyl (C=O) groups is 1. The van der Waals surface area contributed by atoms with Crippen LogP contribution in [-0.2, 0) is 6.54 Å². The molecule has 3 heterocycles. The summed E-state index contributed by atoms with van der Waals surface area (Å²) in [6.45, 7) is 0.166. The molecular formula is C25H25FN6O3. The second kappa shape index (κ2) is 9.57. The molecule has 3 aromatic heterocycles. The number of carbonyl (C=O) groups excluding carboxylic acids is 1. The van der Waals surface area contributed by atoms with Gasteiger partial charge in [-0.25, -0.2) is 13.9 Å². The number of benzene rings is 1. The van der Waals surface area contributed by atoms with E-state index in [2.05, 4.69) is 20.4 Å². The van der Waals surface area contributed by atoms with Gasteiger partial charge in [0.25, 0.3) is 5.91 Å². The second-order valence-electron chi connectivity index (χ2n) is 8.43. The van der Waals surface area contributed by atoms with Crippen LogP contribution in [0.4, 0.5) is 10.3 Å². The fourth-order valence-corrected chi connectivity index (χ4v) is 4.25. The van der Waals surface area contributed by atoms with E-state index < -0.39 is 0 Å². The van der Waals surface area contributed by atoms with E-state index in [9.17, 15) is 9.18 Å². The van der Waals surface area contributed by atoms with Crippen molar-refractivity contribution < 1.29 is 18.7 Å². The predicted molar refractivity (Wildman–Crippen MR) is 128 cm³/mol. The molecule has 180 valence electrons. The molecule has 3 N–H and O–H groups in total. The molecule has 1 aliphatic carbocycles. The number of nitrogens with zero attached hydrogens (tertiary/aromatic N) is 4. The first kappa shape index (κ1) is 22.6. The summed E-state index contributed by atoms with van der Waals surface area (Å²) in [4.78, 5) is 21.6. The van der Waals surface area contributed by atoms with Gasteiger partial charge in [0.05, 0.1) is 13.2 Å². The van der Waals surface area contributed by atoms with E-state index in [1.54, 1.807) is 35.1 Å².